The van der Waals surface area contributed by atoms with E-state index in [4.69, 9.17) is 0 Å². The standard InChI is InChI=1S/C20H21NO/c1-2-3-4-6-9-17-12-14-19(15-13-17)20(22)21-16-18-10-7-5-8-11-18/h5,7-8,10-15H,2-4,16H2,1H3,(H,21,22). The molecule has 0 unspecified atom stereocenters. The lowest BCUT2D eigenvalue weighted by Gasteiger charge is -2.05. The van der Waals surface area contributed by atoms with Crippen LogP contribution >= 0.6 is 0 Å². The second kappa shape index (κ2) is 8.69. The van der Waals surface area contributed by atoms with E-state index in [1.54, 1.807) is 0 Å². The molecule has 2 aromatic rings. The molecule has 0 saturated carbocycles. The number of carbonyl (C=O) groups is 1. The van der Waals surface area contributed by atoms with Gasteiger partial charge in [0, 0.05) is 24.1 Å². The first-order valence-electron chi connectivity index (χ1n) is 7.70. The number of carbonyl (C=O) groups excluding carboxylic acids is 1. The van der Waals surface area contributed by atoms with Crippen LogP contribution in [0.25, 0.3) is 0 Å². The highest BCUT2D eigenvalue weighted by Crippen LogP contribution is 2.05. The Bertz CT molecular complexity index is 648. The van der Waals surface area contributed by atoms with Gasteiger partial charge in [0.1, 0.15) is 0 Å². The van der Waals surface area contributed by atoms with Gasteiger partial charge in [0.25, 0.3) is 5.91 Å². The first kappa shape index (κ1) is 15.9. The van der Waals surface area contributed by atoms with E-state index in [0.29, 0.717) is 12.1 Å². The Labute approximate surface area is 132 Å². The van der Waals surface area contributed by atoms with Crippen LogP contribution in [0.4, 0.5) is 0 Å². The molecule has 0 spiro atoms. The van der Waals surface area contributed by atoms with E-state index in [-0.39, 0.29) is 5.91 Å². The van der Waals surface area contributed by atoms with E-state index in [2.05, 4.69) is 24.1 Å². The van der Waals surface area contributed by atoms with E-state index < -0.39 is 0 Å². The second-order valence-corrected chi connectivity index (χ2v) is 5.15. The Morgan fingerprint density at radius 2 is 1.77 bits per heavy atom. The molecule has 0 saturated heterocycles. The van der Waals surface area contributed by atoms with Gasteiger partial charge in [-0.05, 0) is 36.2 Å². The van der Waals surface area contributed by atoms with Gasteiger partial charge < -0.3 is 5.32 Å². The fraction of sp³-hybridized carbons (Fsp3) is 0.250. The number of amides is 1. The Morgan fingerprint density at radius 1 is 1.05 bits per heavy atom. The molecule has 0 aromatic heterocycles. The quantitative estimate of drug-likeness (QED) is 0.650. The minimum atomic E-state index is -0.0608. The monoisotopic (exact) mass is 291 g/mol. The van der Waals surface area contributed by atoms with Crippen molar-refractivity contribution < 1.29 is 4.79 Å². The Morgan fingerprint density at radius 3 is 2.45 bits per heavy atom. The summed E-state index contributed by atoms with van der Waals surface area (Å²) in [6.45, 7) is 2.70. The molecule has 0 heterocycles. The average molecular weight is 291 g/mol. The van der Waals surface area contributed by atoms with Gasteiger partial charge in [-0.2, -0.15) is 0 Å². The topological polar surface area (TPSA) is 29.1 Å². The third kappa shape index (κ3) is 5.10. The number of hydrogen-bond donors (Lipinski definition) is 1. The van der Waals surface area contributed by atoms with Crippen LogP contribution in [0.2, 0.25) is 0 Å². The lowest BCUT2D eigenvalue weighted by atomic mass is 10.1. The molecule has 2 aromatic carbocycles. The van der Waals surface area contributed by atoms with Crippen molar-refractivity contribution in [2.45, 2.75) is 32.7 Å². The molecule has 0 aliphatic heterocycles. The Hall–Kier alpha value is -2.53. The van der Waals surface area contributed by atoms with E-state index in [0.717, 1.165) is 30.4 Å². The van der Waals surface area contributed by atoms with Crippen molar-refractivity contribution in [3.63, 3.8) is 0 Å². The summed E-state index contributed by atoms with van der Waals surface area (Å²) >= 11 is 0. The molecule has 0 fully saturated rings. The van der Waals surface area contributed by atoms with Gasteiger partial charge in [-0.1, -0.05) is 55.5 Å². The van der Waals surface area contributed by atoms with Crippen LogP contribution in [0.5, 0.6) is 0 Å². The van der Waals surface area contributed by atoms with Crippen molar-refractivity contribution in [3.05, 3.63) is 71.3 Å². The van der Waals surface area contributed by atoms with Gasteiger partial charge in [0.15, 0.2) is 0 Å². The first-order chi connectivity index (χ1) is 10.8. The van der Waals surface area contributed by atoms with E-state index in [1.165, 1.54) is 0 Å². The molecule has 0 aliphatic rings. The maximum absolute atomic E-state index is 12.1. The van der Waals surface area contributed by atoms with E-state index >= 15 is 0 Å². The first-order valence-corrected chi connectivity index (χ1v) is 7.70. The van der Waals surface area contributed by atoms with Crippen LogP contribution < -0.4 is 5.32 Å². The molecule has 1 amide bonds. The van der Waals surface area contributed by atoms with Crippen LogP contribution in [-0.4, -0.2) is 5.91 Å². The molecular formula is C20H21NO. The van der Waals surface area contributed by atoms with Crippen molar-refractivity contribution in [1.82, 2.24) is 5.32 Å². The number of benzene rings is 2. The van der Waals surface area contributed by atoms with Crippen molar-refractivity contribution in [2.24, 2.45) is 0 Å². The average Bonchev–Trinajstić information content (AvgIpc) is 2.58. The van der Waals surface area contributed by atoms with Crippen LogP contribution in [0.15, 0.2) is 54.6 Å². The lowest BCUT2D eigenvalue weighted by molar-refractivity contribution is 0.0951. The predicted octanol–water partition coefficient (Wildman–Crippen LogP) is 4.16. The summed E-state index contributed by atoms with van der Waals surface area (Å²) in [5.41, 5.74) is 2.71. The molecule has 2 rings (SSSR count). The summed E-state index contributed by atoms with van der Waals surface area (Å²) in [5.74, 6) is 6.21. The molecule has 0 atom stereocenters. The van der Waals surface area contributed by atoms with Crippen molar-refractivity contribution in [2.75, 3.05) is 0 Å². The molecular weight excluding hydrogens is 270 g/mol. The summed E-state index contributed by atoms with van der Waals surface area (Å²) < 4.78 is 0. The van der Waals surface area contributed by atoms with Gasteiger partial charge in [0.2, 0.25) is 0 Å². The molecule has 2 nitrogen and oxygen atoms in total. The highest BCUT2D eigenvalue weighted by molar-refractivity contribution is 5.94. The maximum atomic E-state index is 12.1. The normalized spacial score (nSPS) is 9.68. The third-order valence-corrected chi connectivity index (χ3v) is 3.33. The predicted molar refractivity (Wildman–Crippen MR) is 90.5 cm³/mol. The zero-order valence-corrected chi connectivity index (χ0v) is 12.9. The number of rotatable bonds is 5. The second-order valence-electron chi connectivity index (χ2n) is 5.15. The van der Waals surface area contributed by atoms with Crippen molar-refractivity contribution >= 4 is 5.91 Å². The Kier molecular flexibility index (Phi) is 6.26. The zero-order chi connectivity index (χ0) is 15.6. The molecule has 112 valence electrons. The van der Waals surface area contributed by atoms with E-state index in [9.17, 15) is 4.79 Å². The molecule has 2 heteroatoms. The number of nitrogens with one attached hydrogen (secondary N) is 1. The fourth-order valence-electron chi connectivity index (χ4n) is 2.01. The van der Waals surface area contributed by atoms with Gasteiger partial charge in [-0.3, -0.25) is 4.79 Å². The largest absolute Gasteiger partial charge is 0.348 e. The summed E-state index contributed by atoms with van der Waals surface area (Å²) in [6, 6.07) is 17.3. The van der Waals surface area contributed by atoms with Gasteiger partial charge in [-0.15, -0.1) is 0 Å². The molecule has 0 radical (unpaired) electrons. The minimum Gasteiger partial charge on any atom is -0.348 e. The SMILES string of the molecule is CCCCC#Cc1ccc(C(=O)NCc2ccccc2)cc1. The van der Waals surface area contributed by atoms with Gasteiger partial charge in [0.05, 0.1) is 0 Å². The Balaban J connectivity index is 1.89. The summed E-state index contributed by atoms with van der Waals surface area (Å²) in [6.07, 6.45) is 3.22. The molecule has 0 bridgehead atoms. The number of unbranched alkanes of at least 4 members (excludes halogenated alkanes) is 2. The van der Waals surface area contributed by atoms with Gasteiger partial charge in [-0.25, -0.2) is 0 Å². The summed E-state index contributed by atoms with van der Waals surface area (Å²) in [7, 11) is 0. The molecule has 0 aliphatic carbocycles. The van der Waals surface area contributed by atoms with Crippen LogP contribution in [0, 0.1) is 11.8 Å². The van der Waals surface area contributed by atoms with Crippen molar-refractivity contribution in [1.29, 1.82) is 0 Å². The highest BCUT2D eigenvalue weighted by Gasteiger charge is 2.04. The van der Waals surface area contributed by atoms with Crippen LogP contribution in [-0.2, 0) is 6.54 Å². The lowest BCUT2D eigenvalue weighted by Crippen LogP contribution is -2.22. The summed E-state index contributed by atoms with van der Waals surface area (Å²) in [4.78, 5) is 12.1. The third-order valence-electron chi connectivity index (χ3n) is 3.33. The van der Waals surface area contributed by atoms with Gasteiger partial charge >= 0.3 is 0 Å². The highest BCUT2D eigenvalue weighted by atomic mass is 16.1. The smallest absolute Gasteiger partial charge is 0.251 e. The van der Waals surface area contributed by atoms with Crippen molar-refractivity contribution in [3.8, 4) is 11.8 Å². The van der Waals surface area contributed by atoms with E-state index in [1.807, 2.05) is 54.6 Å². The molecule has 22 heavy (non-hydrogen) atoms. The fourth-order valence-corrected chi connectivity index (χ4v) is 2.01. The number of hydrogen-bond acceptors (Lipinski definition) is 1. The maximum Gasteiger partial charge on any atom is 0.251 e. The zero-order valence-electron chi connectivity index (χ0n) is 12.9. The molecule has 1 N–H and O–H groups in total. The summed E-state index contributed by atoms with van der Waals surface area (Å²) in [5, 5.41) is 2.92. The minimum absolute atomic E-state index is 0.0608. The van der Waals surface area contributed by atoms with Crippen LogP contribution in [0.3, 0.4) is 0 Å². The van der Waals surface area contributed by atoms with Crippen LogP contribution in [0.1, 0.15) is 47.7 Å².